The number of pyridine rings is 1. The van der Waals surface area contributed by atoms with E-state index in [9.17, 15) is 9.90 Å². The van der Waals surface area contributed by atoms with Crippen LogP contribution < -0.4 is 0 Å². The predicted molar refractivity (Wildman–Crippen MR) is 74.6 cm³/mol. The monoisotopic (exact) mass is 344 g/mol. The Morgan fingerprint density at radius 2 is 2.12 bits per heavy atom. The molecule has 17 heavy (non-hydrogen) atoms. The summed E-state index contributed by atoms with van der Waals surface area (Å²) in [4.78, 5) is 15.7. The molecule has 5 heteroatoms. The van der Waals surface area contributed by atoms with Gasteiger partial charge in [0.05, 0.1) is 14.8 Å². The number of hydrogen-bond donors (Lipinski definition) is 1. The number of rotatable bonds is 0. The van der Waals surface area contributed by atoms with Gasteiger partial charge < -0.3 is 5.11 Å². The summed E-state index contributed by atoms with van der Waals surface area (Å²) >= 11 is 2.17. The molecule has 1 N–H and O–H groups in total. The molecule has 2 heterocycles. The SMILES string of the molecule is CC(C)(C)c1c(I)c2ncccc2n1C(=O)O. The van der Waals surface area contributed by atoms with Crippen molar-refractivity contribution in [3.8, 4) is 0 Å². The summed E-state index contributed by atoms with van der Waals surface area (Å²) in [5.74, 6) is 0. The number of halogens is 1. The summed E-state index contributed by atoms with van der Waals surface area (Å²) in [6.45, 7) is 6.01. The first kappa shape index (κ1) is 12.3. The second-order valence-corrected chi connectivity index (χ2v) is 5.98. The number of fused-ring (bicyclic) bond motifs is 1. The Morgan fingerprint density at radius 3 is 2.65 bits per heavy atom. The topological polar surface area (TPSA) is 55.1 Å². The molecule has 0 saturated heterocycles. The van der Waals surface area contributed by atoms with Crippen LogP contribution in [0.25, 0.3) is 11.0 Å². The average molecular weight is 344 g/mol. The predicted octanol–water partition coefficient (Wildman–Crippen LogP) is 3.46. The molecule has 0 fully saturated rings. The van der Waals surface area contributed by atoms with E-state index < -0.39 is 6.09 Å². The van der Waals surface area contributed by atoms with Gasteiger partial charge in [0.15, 0.2) is 0 Å². The molecular weight excluding hydrogens is 331 g/mol. The van der Waals surface area contributed by atoms with Crippen molar-refractivity contribution in [2.75, 3.05) is 0 Å². The van der Waals surface area contributed by atoms with Crippen molar-refractivity contribution in [2.45, 2.75) is 26.2 Å². The quantitative estimate of drug-likeness (QED) is 0.745. The Labute approximate surface area is 113 Å². The van der Waals surface area contributed by atoms with Gasteiger partial charge in [-0.2, -0.15) is 0 Å². The largest absolute Gasteiger partial charge is 0.464 e. The van der Waals surface area contributed by atoms with Gasteiger partial charge in [0.1, 0.15) is 5.52 Å². The summed E-state index contributed by atoms with van der Waals surface area (Å²) in [7, 11) is 0. The van der Waals surface area contributed by atoms with E-state index in [0.717, 1.165) is 14.8 Å². The van der Waals surface area contributed by atoms with Crippen LogP contribution in [0.2, 0.25) is 0 Å². The van der Waals surface area contributed by atoms with Gasteiger partial charge in [0.25, 0.3) is 0 Å². The first-order chi connectivity index (χ1) is 7.84. The number of aromatic nitrogens is 2. The highest BCUT2D eigenvalue weighted by molar-refractivity contribution is 14.1. The van der Waals surface area contributed by atoms with Crippen LogP contribution in [-0.2, 0) is 5.41 Å². The van der Waals surface area contributed by atoms with E-state index in [0.29, 0.717) is 5.52 Å². The lowest BCUT2D eigenvalue weighted by molar-refractivity contribution is 0.195. The molecule has 2 aromatic heterocycles. The fourth-order valence-corrected chi connectivity index (χ4v) is 3.41. The molecule has 0 unspecified atom stereocenters. The molecule has 0 atom stereocenters. The number of carboxylic acid groups (broad SMARTS) is 1. The third-order valence-electron chi connectivity index (χ3n) is 2.57. The summed E-state index contributed by atoms with van der Waals surface area (Å²) in [5, 5.41) is 9.37. The van der Waals surface area contributed by atoms with Crippen LogP contribution in [0, 0.1) is 3.57 Å². The number of nitrogens with zero attached hydrogens (tertiary/aromatic N) is 2. The van der Waals surface area contributed by atoms with Crippen LogP contribution in [-0.4, -0.2) is 20.8 Å². The maximum Gasteiger partial charge on any atom is 0.416 e. The average Bonchev–Trinajstić information content (AvgIpc) is 2.52. The number of hydrogen-bond acceptors (Lipinski definition) is 2. The van der Waals surface area contributed by atoms with Crippen LogP contribution in [0.1, 0.15) is 26.5 Å². The molecule has 4 nitrogen and oxygen atoms in total. The molecule has 90 valence electrons. The summed E-state index contributed by atoms with van der Waals surface area (Å²) in [6, 6.07) is 3.54. The minimum atomic E-state index is -0.962. The van der Waals surface area contributed by atoms with Gasteiger partial charge in [-0.1, -0.05) is 20.8 Å². The molecule has 0 aromatic carbocycles. The van der Waals surface area contributed by atoms with Crippen molar-refractivity contribution in [1.29, 1.82) is 0 Å². The second-order valence-electron chi connectivity index (χ2n) is 4.90. The minimum Gasteiger partial charge on any atom is -0.464 e. The van der Waals surface area contributed by atoms with Gasteiger partial charge in [0.2, 0.25) is 0 Å². The Kier molecular flexibility index (Phi) is 2.89. The van der Waals surface area contributed by atoms with Gasteiger partial charge in [-0.15, -0.1) is 0 Å². The lowest BCUT2D eigenvalue weighted by Crippen LogP contribution is -2.22. The highest BCUT2D eigenvalue weighted by Crippen LogP contribution is 2.34. The Hall–Kier alpha value is -1.11. The van der Waals surface area contributed by atoms with E-state index in [4.69, 9.17) is 0 Å². The number of carbonyl (C=O) groups is 1. The highest BCUT2D eigenvalue weighted by atomic mass is 127. The van der Waals surface area contributed by atoms with E-state index in [1.165, 1.54) is 4.57 Å². The molecule has 0 amide bonds. The molecule has 0 bridgehead atoms. The molecule has 2 rings (SSSR count). The van der Waals surface area contributed by atoms with E-state index in [1.807, 2.05) is 20.8 Å². The maximum atomic E-state index is 11.4. The zero-order valence-electron chi connectivity index (χ0n) is 9.86. The van der Waals surface area contributed by atoms with E-state index in [-0.39, 0.29) is 5.41 Å². The van der Waals surface area contributed by atoms with E-state index >= 15 is 0 Å². The highest BCUT2D eigenvalue weighted by Gasteiger charge is 2.28. The first-order valence-corrected chi connectivity index (χ1v) is 6.30. The fourth-order valence-electron chi connectivity index (χ4n) is 1.94. The molecule has 2 aromatic rings. The van der Waals surface area contributed by atoms with Crippen LogP contribution >= 0.6 is 22.6 Å². The standard InChI is InChI=1S/C12H13IN2O2/c1-12(2,3)10-8(13)9-7(5-4-6-14-9)15(10)11(16)17/h4-6H,1-3H3,(H,16,17). The molecule has 0 radical (unpaired) electrons. The van der Waals surface area contributed by atoms with E-state index in [1.54, 1.807) is 18.3 Å². The van der Waals surface area contributed by atoms with Crippen LogP contribution in [0.4, 0.5) is 4.79 Å². The Balaban J connectivity index is 2.96. The van der Waals surface area contributed by atoms with Crippen molar-refractivity contribution in [3.63, 3.8) is 0 Å². The summed E-state index contributed by atoms with van der Waals surface area (Å²) < 4.78 is 2.25. The van der Waals surface area contributed by atoms with Gasteiger partial charge in [-0.3, -0.25) is 4.98 Å². The van der Waals surface area contributed by atoms with Gasteiger partial charge in [0, 0.05) is 11.6 Å². The van der Waals surface area contributed by atoms with Gasteiger partial charge in [-0.25, -0.2) is 9.36 Å². The van der Waals surface area contributed by atoms with Gasteiger partial charge >= 0.3 is 6.09 Å². The maximum absolute atomic E-state index is 11.4. The zero-order valence-corrected chi connectivity index (χ0v) is 12.0. The van der Waals surface area contributed by atoms with E-state index in [2.05, 4.69) is 27.6 Å². The normalized spacial score (nSPS) is 12.0. The van der Waals surface area contributed by atoms with Crippen molar-refractivity contribution in [3.05, 3.63) is 27.6 Å². The molecule has 0 aliphatic heterocycles. The lowest BCUT2D eigenvalue weighted by Gasteiger charge is -2.20. The summed E-state index contributed by atoms with van der Waals surface area (Å²) in [5.41, 5.74) is 1.95. The van der Waals surface area contributed by atoms with Gasteiger partial charge in [-0.05, 0) is 34.7 Å². The Morgan fingerprint density at radius 1 is 1.47 bits per heavy atom. The lowest BCUT2D eigenvalue weighted by atomic mass is 9.92. The third kappa shape index (κ3) is 1.92. The van der Waals surface area contributed by atoms with Crippen LogP contribution in [0.5, 0.6) is 0 Å². The smallest absolute Gasteiger partial charge is 0.416 e. The second kappa shape index (κ2) is 3.97. The Bertz CT molecular complexity index is 596. The summed E-state index contributed by atoms with van der Waals surface area (Å²) in [6.07, 6.45) is 0.721. The molecule has 0 spiro atoms. The fraction of sp³-hybridized carbons (Fsp3) is 0.333. The van der Waals surface area contributed by atoms with Crippen LogP contribution in [0.3, 0.4) is 0 Å². The molecule has 0 aliphatic rings. The first-order valence-electron chi connectivity index (χ1n) is 5.22. The minimum absolute atomic E-state index is 0.240. The van der Waals surface area contributed by atoms with Crippen molar-refractivity contribution in [2.24, 2.45) is 0 Å². The molecule has 0 aliphatic carbocycles. The van der Waals surface area contributed by atoms with Crippen molar-refractivity contribution < 1.29 is 9.90 Å². The van der Waals surface area contributed by atoms with Crippen molar-refractivity contribution in [1.82, 2.24) is 9.55 Å². The zero-order chi connectivity index (χ0) is 12.8. The molecular formula is C12H13IN2O2. The van der Waals surface area contributed by atoms with Crippen molar-refractivity contribution >= 4 is 39.7 Å². The third-order valence-corrected chi connectivity index (χ3v) is 3.59. The molecule has 0 saturated carbocycles. The van der Waals surface area contributed by atoms with Crippen LogP contribution in [0.15, 0.2) is 18.3 Å².